The highest BCUT2D eigenvalue weighted by Gasteiger charge is 2.38. The van der Waals surface area contributed by atoms with Crippen LogP contribution in [0.5, 0.6) is 5.75 Å². The molecule has 0 spiro atoms. The molecule has 0 unspecified atom stereocenters. The molecule has 0 atom stereocenters. The van der Waals surface area contributed by atoms with Crippen molar-refractivity contribution in [1.82, 2.24) is 10.2 Å². The lowest BCUT2D eigenvalue weighted by Gasteiger charge is -2.39. The number of likely N-dealkylation sites (tertiary alicyclic amines) is 1. The maximum Gasteiger partial charge on any atom is 0.410 e. The molecule has 7 heteroatoms. The van der Waals surface area contributed by atoms with Gasteiger partial charge in [-0.1, -0.05) is 30.3 Å². The lowest BCUT2D eigenvalue weighted by molar-refractivity contribution is -0.114. The third-order valence-electron chi connectivity index (χ3n) is 5.26. The summed E-state index contributed by atoms with van der Waals surface area (Å²) in [5.74, 6) is 0.318. The molecule has 1 N–H and O–H groups in total. The summed E-state index contributed by atoms with van der Waals surface area (Å²) >= 11 is 0. The predicted octanol–water partition coefficient (Wildman–Crippen LogP) is 3.96. The average Bonchev–Trinajstić information content (AvgIpc) is 2.78. The van der Waals surface area contributed by atoms with E-state index in [2.05, 4.69) is 5.32 Å². The third-order valence-corrected chi connectivity index (χ3v) is 5.26. The largest absolute Gasteiger partial charge is 0.489 e. The van der Waals surface area contributed by atoms with Crippen LogP contribution in [0.2, 0.25) is 0 Å². The number of amides is 2. The van der Waals surface area contributed by atoms with Gasteiger partial charge in [-0.15, -0.1) is 0 Å². The van der Waals surface area contributed by atoms with Crippen molar-refractivity contribution in [2.75, 3.05) is 13.1 Å². The van der Waals surface area contributed by atoms with Crippen LogP contribution in [0.1, 0.15) is 49.5 Å². The number of ether oxygens (including phenoxy) is 2. The number of benzene rings is 2. The first-order valence-corrected chi connectivity index (χ1v) is 10.7. The van der Waals surface area contributed by atoms with Crippen molar-refractivity contribution in [3.63, 3.8) is 0 Å². The zero-order valence-electron chi connectivity index (χ0n) is 18.8. The molecule has 2 amide bonds. The van der Waals surface area contributed by atoms with Crippen LogP contribution in [0.3, 0.4) is 0 Å². The van der Waals surface area contributed by atoms with Crippen molar-refractivity contribution >= 4 is 18.3 Å². The van der Waals surface area contributed by atoms with Gasteiger partial charge in [-0.25, -0.2) is 4.79 Å². The first-order valence-electron chi connectivity index (χ1n) is 10.7. The van der Waals surface area contributed by atoms with E-state index in [1.165, 1.54) is 0 Å². The Labute approximate surface area is 188 Å². The molecule has 1 aliphatic heterocycles. The Kier molecular flexibility index (Phi) is 7.18. The molecular weight excluding hydrogens is 408 g/mol. The molecule has 0 aliphatic carbocycles. The Bertz CT molecular complexity index is 927. The van der Waals surface area contributed by atoms with Gasteiger partial charge in [0.2, 0.25) is 0 Å². The number of rotatable bonds is 6. The number of carbonyl (C=O) groups excluding carboxylic acids is 3. The van der Waals surface area contributed by atoms with Crippen LogP contribution in [0.15, 0.2) is 54.6 Å². The highest BCUT2D eigenvalue weighted by atomic mass is 16.6. The lowest BCUT2D eigenvalue weighted by Crippen LogP contribution is -2.57. The number of aldehydes is 1. The molecule has 1 heterocycles. The molecule has 0 bridgehead atoms. The Morgan fingerprint density at radius 3 is 2.22 bits per heavy atom. The minimum absolute atomic E-state index is 0.333. The highest BCUT2D eigenvalue weighted by Crippen LogP contribution is 2.23. The maximum absolute atomic E-state index is 12.8. The molecule has 7 nitrogen and oxygen atoms in total. The standard InChI is InChI=1S/C25H30N2O5/c1-24(2,3)32-23(30)27-15-13-25(18-28,14-16-27)26-22(29)20-9-11-21(12-10-20)31-17-19-7-5-4-6-8-19/h4-12,18H,13-17H2,1-3H3,(H,26,29). The van der Waals surface area contributed by atoms with Gasteiger partial charge in [0.05, 0.1) is 5.54 Å². The SMILES string of the molecule is CC(C)(C)OC(=O)N1CCC(C=O)(NC(=O)c2ccc(OCc3ccccc3)cc2)CC1. The molecule has 32 heavy (non-hydrogen) atoms. The third kappa shape index (κ3) is 6.33. The van der Waals surface area contributed by atoms with E-state index in [-0.39, 0.29) is 5.91 Å². The molecule has 1 fully saturated rings. The van der Waals surface area contributed by atoms with Crippen LogP contribution in [0, 0.1) is 0 Å². The van der Waals surface area contributed by atoms with E-state index >= 15 is 0 Å². The van der Waals surface area contributed by atoms with Crippen LogP contribution in [0.4, 0.5) is 4.79 Å². The van der Waals surface area contributed by atoms with E-state index in [0.717, 1.165) is 11.8 Å². The number of hydrogen-bond donors (Lipinski definition) is 1. The van der Waals surface area contributed by atoms with Gasteiger partial charge in [-0.3, -0.25) is 4.79 Å². The van der Waals surface area contributed by atoms with Gasteiger partial charge < -0.3 is 24.5 Å². The number of nitrogens with zero attached hydrogens (tertiary/aromatic N) is 1. The molecule has 3 rings (SSSR count). The summed E-state index contributed by atoms with van der Waals surface area (Å²) in [6.45, 7) is 6.53. The van der Waals surface area contributed by atoms with Gasteiger partial charge in [0.15, 0.2) is 0 Å². The van der Waals surface area contributed by atoms with E-state index < -0.39 is 17.2 Å². The van der Waals surface area contributed by atoms with Gasteiger partial charge in [-0.05, 0) is 63.4 Å². The van der Waals surface area contributed by atoms with Gasteiger partial charge in [-0.2, -0.15) is 0 Å². The van der Waals surface area contributed by atoms with E-state index in [9.17, 15) is 14.4 Å². The van der Waals surface area contributed by atoms with E-state index in [1.807, 2.05) is 51.1 Å². The number of piperidine rings is 1. The van der Waals surface area contributed by atoms with Crippen molar-refractivity contribution in [3.05, 3.63) is 65.7 Å². The predicted molar refractivity (Wildman–Crippen MR) is 121 cm³/mol. The Hall–Kier alpha value is -3.35. The molecular formula is C25H30N2O5. The van der Waals surface area contributed by atoms with Crippen LogP contribution in [-0.4, -0.2) is 47.4 Å². The second-order valence-corrected chi connectivity index (χ2v) is 8.99. The van der Waals surface area contributed by atoms with Crippen LogP contribution < -0.4 is 10.1 Å². The summed E-state index contributed by atoms with van der Waals surface area (Å²) in [5.41, 5.74) is -0.0904. The minimum atomic E-state index is -1.00. The van der Waals surface area contributed by atoms with E-state index in [0.29, 0.717) is 43.9 Å². The van der Waals surface area contributed by atoms with E-state index in [4.69, 9.17) is 9.47 Å². The summed E-state index contributed by atoms with van der Waals surface area (Å²) in [7, 11) is 0. The summed E-state index contributed by atoms with van der Waals surface area (Å²) in [5, 5.41) is 2.86. The zero-order valence-corrected chi connectivity index (χ0v) is 18.8. The fourth-order valence-electron chi connectivity index (χ4n) is 3.43. The van der Waals surface area contributed by atoms with Gasteiger partial charge in [0.25, 0.3) is 5.91 Å². The maximum atomic E-state index is 12.8. The first kappa shape index (κ1) is 23.3. The normalized spacial score (nSPS) is 15.5. The summed E-state index contributed by atoms with van der Waals surface area (Å²) < 4.78 is 11.1. The minimum Gasteiger partial charge on any atom is -0.489 e. The Morgan fingerprint density at radius 2 is 1.66 bits per heavy atom. The molecule has 1 saturated heterocycles. The molecule has 2 aromatic carbocycles. The van der Waals surface area contributed by atoms with Crippen LogP contribution >= 0.6 is 0 Å². The van der Waals surface area contributed by atoms with Crippen molar-refractivity contribution in [3.8, 4) is 5.75 Å². The van der Waals surface area contributed by atoms with Crippen LogP contribution in [0.25, 0.3) is 0 Å². The molecule has 1 aliphatic rings. The highest BCUT2D eigenvalue weighted by molar-refractivity contribution is 5.96. The molecule has 170 valence electrons. The summed E-state index contributed by atoms with van der Waals surface area (Å²) in [6.07, 6.45) is 1.03. The Morgan fingerprint density at radius 1 is 1.03 bits per heavy atom. The number of hydrogen-bond acceptors (Lipinski definition) is 5. The molecule has 2 aromatic rings. The lowest BCUT2D eigenvalue weighted by atomic mass is 9.88. The smallest absolute Gasteiger partial charge is 0.410 e. The fourth-order valence-corrected chi connectivity index (χ4v) is 3.43. The quantitative estimate of drug-likeness (QED) is 0.690. The van der Waals surface area contributed by atoms with Gasteiger partial charge in [0.1, 0.15) is 24.2 Å². The van der Waals surface area contributed by atoms with Crippen molar-refractivity contribution < 1.29 is 23.9 Å². The molecule has 0 radical (unpaired) electrons. The van der Waals surface area contributed by atoms with Gasteiger partial charge >= 0.3 is 6.09 Å². The Balaban J connectivity index is 1.55. The second-order valence-electron chi connectivity index (χ2n) is 8.99. The molecule has 0 saturated carbocycles. The average molecular weight is 439 g/mol. The van der Waals surface area contributed by atoms with Crippen molar-refractivity contribution in [1.29, 1.82) is 0 Å². The fraction of sp³-hybridized carbons (Fsp3) is 0.400. The molecule has 0 aromatic heterocycles. The number of nitrogens with one attached hydrogen (secondary N) is 1. The summed E-state index contributed by atoms with van der Waals surface area (Å²) in [4.78, 5) is 38.4. The van der Waals surface area contributed by atoms with Crippen molar-refractivity contribution in [2.24, 2.45) is 0 Å². The summed E-state index contributed by atoms with van der Waals surface area (Å²) in [6, 6.07) is 16.6. The zero-order chi connectivity index (χ0) is 23.2. The first-order chi connectivity index (χ1) is 15.2. The monoisotopic (exact) mass is 438 g/mol. The van der Waals surface area contributed by atoms with Crippen molar-refractivity contribution in [2.45, 2.75) is 51.4 Å². The van der Waals surface area contributed by atoms with Crippen LogP contribution in [-0.2, 0) is 16.1 Å². The second kappa shape index (κ2) is 9.85. The van der Waals surface area contributed by atoms with Gasteiger partial charge in [0, 0.05) is 18.7 Å². The van der Waals surface area contributed by atoms with E-state index in [1.54, 1.807) is 29.2 Å². The topological polar surface area (TPSA) is 84.9 Å². The number of carbonyl (C=O) groups is 3.